The molecule has 20 heavy (non-hydrogen) atoms. The van der Waals surface area contributed by atoms with Gasteiger partial charge in [0.05, 0.1) is 6.10 Å². The van der Waals surface area contributed by atoms with Gasteiger partial charge in [-0.1, -0.05) is 12.8 Å². The molecular formula is C14H22N4O2. The second kappa shape index (κ2) is 6.94. The van der Waals surface area contributed by atoms with Crippen LogP contribution in [0.3, 0.4) is 0 Å². The fourth-order valence-corrected chi connectivity index (χ4v) is 1.22. The largest absolute Gasteiger partial charge is 0.461 e. The predicted octanol–water partition coefficient (Wildman–Crippen LogP) is 2.27. The van der Waals surface area contributed by atoms with Crippen LogP contribution in [-0.2, 0) is 0 Å². The summed E-state index contributed by atoms with van der Waals surface area (Å²) in [7, 11) is 0. The zero-order valence-electron chi connectivity index (χ0n) is 12.7. The standard InChI is InChI=1S/C14H22N4O2/c1-7-9-15-11-16-12(19-10(3)4)18-13(17-11)20-14(5,6)8-2/h2,10H,7,9H2,1,3-6H3,(H,15,16,17,18). The predicted molar refractivity (Wildman–Crippen MR) is 77.9 cm³/mol. The third-order valence-electron chi connectivity index (χ3n) is 2.16. The normalized spacial score (nSPS) is 11.1. The molecule has 6 heteroatoms. The number of terminal acetylenes is 1. The Bertz CT molecular complexity index is 481. The van der Waals surface area contributed by atoms with Crippen molar-refractivity contribution in [3.63, 3.8) is 0 Å². The molecule has 0 radical (unpaired) electrons. The Balaban J connectivity index is 3.00. The van der Waals surface area contributed by atoms with Crippen LogP contribution in [0, 0.1) is 12.3 Å². The summed E-state index contributed by atoms with van der Waals surface area (Å²) in [4.78, 5) is 12.5. The van der Waals surface area contributed by atoms with E-state index in [2.05, 4.69) is 33.1 Å². The minimum absolute atomic E-state index is 0.0371. The monoisotopic (exact) mass is 278 g/mol. The van der Waals surface area contributed by atoms with E-state index in [9.17, 15) is 0 Å². The number of aromatic nitrogens is 3. The number of nitrogens with zero attached hydrogens (tertiary/aromatic N) is 3. The van der Waals surface area contributed by atoms with Crippen molar-refractivity contribution in [1.29, 1.82) is 0 Å². The van der Waals surface area contributed by atoms with Crippen LogP contribution in [0.5, 0.6) is 12.0 Å². The van der Waals surface area contributed by atoms with Crippen LogP contribution in [0.2, 0.25) is 0 Å². The molecule has 0 saturated heterocycles. The molecule has 0 fully saturated rings. The Morgan fingerprint density at radius 2 is 1.90 bits per heavy atom. The van der Waals surface area contributed by atoms with E-state index in [-0.39, 0.29) is 18.1 Å². The Kier molecular flexibility index (Phi) is 5.56. The summed E-state index contributed by atoms with van der Waals surface area (Å²) >= 11 is 0. The van der Waals surface area contributed by atoms with E-state index in [4.69, 9.17) is 15.9 Å². The molecule has 0 spiro atoms. The molecule has 0 aliphatic carbocycles. The summed E-state index contributed by atoms with van der Waals surface area (Å²) in [6, 6.07) is 0.369. The van der Waals surface area contributed by atoms with E-state index < -0.39 is 5.60 Å². The van der Waals surface area contributed by atoms with Gasteiger partial charge in [-0.3, -0.25) is 0 Å². The molecule has 1 aromatic heterocycles. The van der Waals surface area contributed by atoms with Gasteiger partial charge >= 0.3 is 12.0 Å². The minimum atomic E-state index is -0.793. The number of nitrogens with one attached hydrogen (secondary N) is 1. The average Bonchev–Trinajstić information content (AvgIpc) is 2.34. The summed E-state index contributed by atoms with van der Waals surface area (Å²) < 4.78 is 11.1. The van der Waals surface area contributed by atoms with Crippen molar-refractivity contribution in [1.82, 2.24) is 15.0 Å². The third kappa shape index (κ3) is 5.31. The zero-order valence-corrected chi connectivity index (χ0v) is 12.7. The summed E-state index contributed by atoms with van der Waals surface area (Å²) in [5.41, 5.74) is -0.793. The van der Waals surface area contributed by atoms with Gasteiger partial charge in [-0.2, -0.15) is 9.97 Å². The lowest BCUT2D eigenvalue weighted by Gasteiger charge is -2.19. The summed E-state index contributed by atoms with van der Waals surface area (Å²) in [5, 5.41) is 3.08. The van der Waals surface area contributed by atoms with Crippen LogP contribution in [0.1, 0.15) is 41.0 Å². The summed E-state index contributed by atoms with van der Waals surface area (Å²) in [6.45, 7) is 10.1. The topological polar surface area (TPSA) is 69.2 Å². The van der Waals surface area contributed by atoms with Crippen molar-refractivity contribution in [3.8, 4) is 24.4 Å². The maximum absolute atomic E-state index is 5.58. The van der Waals surface area contributed by atoms with E-state index in [1.54, 1.807) is 13.8 Å². The molecule has 0 atom stereocenters. The minimum Gasteiger partial charge on any atom is -0.461 e. The van der Waals surface area contributed by atoms with E-state index >= 15 is 0 Å². The molecule has 1 N–H and O–H groups in total. The fraction of sp³-hybridized carbons (Fsp3) is 0.643. The van der Waals surface area contributed by atoms with Crippen LogP contribution in [-0.4, -0.2) is 33.2 Å². The highest BCUT2D eigenvalue weighted by atomic mass is 16.5. The number of hydrogen-bond acceptors (Lipinski definition) is 6. The van der Waals surface area contributed by atoms with E-state index in [0.29, 0.717) is 5.95 Å². The molecule has 0 saturated carbocycles. The van der Waals surface area contributed by atoms with E-state index in [1.165, 1.54) is 0 Å². The molecule has 1 heterocycles. The molecule has 1 aromatic rings. The maximum Gasteiger partial charge on any atom is 0.325 e. The van der Waals surface area contributed by atoms with Gasteiger partial charge in [0.2, 0.25) is 5.95 Å². The second-order valence-electron chi connectivity index (χ2n) is 5.07. The molecule has 6 nitrogen and oxygen atoms in total. The van der Waals surface area contributed by atoms with Crippen molar-refractivity contribution < 1.29 is 9.47 Å². The Morgan fingerprint density at radius 1 is 1.25 bits per heavy atom. The first kappa shape index (κ1) is 16.0. The number of rotatable bonds is 7. The van der Waals surface area contributed by atoms with Crippen molar-refractivity contribution >= 4 is 5.95 Å². The van der Waals surface area contributed by atoms with Gasteiger partial charge in [0, 0.05) is 6.54 Å². The van der Waals surface area contributed by atoms with Gasteiger partial charge in [-0.25, -0.2) is 0 Å². The Labute approximate surface area is 120 Å². The molecule has 0 aliphatic rings. The first-order chi connectivity index (χ1) is 9.36. The van der Waals surface area contributed by atoms with E-state index in [1.807, 2.05) is 13.8 Å². The lowest BCUT2D eigenvalue weighted by molar-refractivity contribution is 0.149. The van der Waals surface area contributed by atoms with Gasteiger partial charge in [-0.15, -0.1) is 11.4 Å². The molecule has 1 rings (SSSR count). The summed E-state index contributed by atoms with van der Waals surface area (Å²) in [5.74, 6) is 2.95. The van der Waals surface area contributed by atoms with Crippen LogP contribution < -0.4 is 14.8 Å². The number of anilines is 1. The van der Waals surface area contributed by atoms with Gasteiger partial charge < -0.3 is 14.8 Å². The fourth-order valence-electron chi connectivity index (χ4n) is 1.22. The van der Waals surface area contributed by atoms with Crippen LogP contribution in [0.15, 0.2) is 0 Å². The van der Waals surface area contributed by atoms with Crippen molar-refractivity contribution in [2.24, 2.45) is 0 Å². The molecule has 0 aliphatic heterocycles. The Hall–Kier alpha value is -2.03. The number of ether oxygens (including phenoxy) is 2. The van der Waals surface area contributed by atoms with Gasteiger partial charge in [-0.05, 0) is 34.1 Å². The second-order valence-corrected chi connectivity index (χ2v) is 5.07. The quantitative estimate of drug-likeness (QED) is 0.772. The molecule has 0 bridgehead atoms. The first-order valence-electron chi connectivity index (χ1n) is 6.69. The Morgan fingerprint density at radius 3 is 2.45 bits per heavy atom. The van der Waals surface area contributed by atoms with Crippen LogP contribution in [0.25, 0.3) is 0 Å². The molecule has 110 valence electrons. The molecule has 0 aromatic carbocycles. The summed E-state index contributed by atoms with van der Waals surface area (Å²) in [6.07, 6.45) is 6.32. The van der Waals surface area contributed by atoms with E-state index in [0.717, 1.165) is 13.0 Å². The van der Waals surface area contributed by atoms with Gasteiger partial charge in [0.25, 0.3) is 0 Å². The SMILES string of the molecule is C#CC(C)(C)Oc1nc(NCCC)nc(OC(C)C)n1. The lowest BCUT2D eigenvalue weighted by Crippen LogP contribution is -2.27. The van der Waals surface area contributed by atoms with Gasteiger partial charge in [0.1, 0.15) is 0 Å². The highest BCUT2D eigenvalue weighted by Gasteiger charge is 2.19. The molecule has 0 unspecified atom stereocenters. The van der Waals surface area contributed by atoms with Crippen molar-refractivity contribution in [2.45, 2.75) is 52.7 Å². The third-order valence-corrected chi connectivity index (χ3v) is 2.16. The molecule has 0 amide bonds. The first-order valence-corrected chi connectivity index (χ1v) is 6.69. The highest BCUT2D eigenvalue weighted by Crippen LogP contribution is 2.18. The number of hydrogen-bond donors (Lipinski definition) is 1. The van der Waals surface area contributed by atoms with Gasteiger partial charge in [0.15, 0.2) is 5.60 Å². The zero-order chi connectivity index (χ0) is 15.2. The average molecular weight is 278 g/mol. The molecular weight excluding hydrogens is 256 g/mol. The smallest absolute Gasteiger partial charge is 0.325 e. The van der Waals surface area contributed by atoms with Crippen molar-refractivity contribution in [2.75, 3.05) is 11.9 Å². The highest BCUT2D eigenvalue weighted by molar-refractivity contribution is 5.28. The lowest BCUT2D eigenvalue weighted by atomic mass is 10.2. The van der Waals surface area contributed by atoms with Crippen LogP contribution in [0.4, 0.5) is 5.95 Å². The van der Waals surface area contributed by atoms with Crippen LogP contribution >= 0.6 is 0 Å². The maximum atomic E-state index is 5.58. The van der Waals surface area contributed by atoms with Crippen molar-refractivity contribution in [3.05, 3.63) is 0 Å².